The Hall–Kier alpha value is -3.01. The van der Waals surface area contributed by atoms with Crippen molar-refractivity contribution in [3.05, 3.63) is 63.5 Å². The molecule has 0 amide bonds. The van der Waals surface area contributed by atoms with Crippen molar-refractivity contribution in [2.24, 2.45) is 0 Å². The third-order valence-electron chi connectivity index (χ3n) is 3.15. The van der Waals surface area contributed by atoms with Gasteiger partial charge in [-0.1, -0.05) is 0 Å². The molecule has 7 nitrogen and oxygen atoms in total. The standard InChI is InChI=1S/C13H10N4O3/c14-4-3-9-8-10(11-2-1-7-20-11)16-6-5-15-13(16)12(9)17(18)19/h1-3,7-8,15H,5-6H2/b9-3-. The van der Waals surface area contributed by atoms with Crippen LogP contribution in [0.25, 0.3) is 5.70 Å². The largest absolute Gasteiger partial charge is 0.463 e. The van der Waals surface area contributed by atoms with Crippen LogP contribution in [-0.2, 0) is 0 Å². The van der Waals surface area contributed by atoms with Gasteiger partial charge in [0.15, 0.2) is 5.82 Å². The van der Waals surface area contributed by atoms with E-state index >= 15 is 0 Å². The minimum absolute atomic E-state index is 0.0839. The zero-order valence-electron chi connectivity index (χ0n) is 10.4. The summed E-state index contributed by atoms with van der Waals surface area (Å²) in [6.07, 6.45) is 4.32. The molecule has 1 saturated heterocycles. The van der Waals surface area contributed by atoms with Crippen LogP contribution in [0.2, 0.25) is 0 Å². The van der Waals surface area contributed by atoms with Crippen LogP contribution in [0.3, 0.4) is 0 Å². The Bertz CT molecular complexity index is 692. The predicted molar refractivity (Wildman–Crippen MR) is 69.1 cm³/mol. The Morgan fingerprint density at radius 2 is 2.45 bits per heavy atom. The number of nitrogens with zero attached hydrogens (tertiary/aromatic N) is 3. The highest BCUT2D eigenvalue weighted by Gasteiger charge is 2.37. The minimum Gasteiger partial charge on any atom is -0.463 e. The molecule has 2 aliphatic rings. The van der Waals surface area contributed by atoms with Crippen LogP contribution >= 0.6 is 0 Å². The Balaban J connectivity index is 2.17. The molecule has 2 aliphatic heterocycles. The van der Waals surface area contributed by atoms with E-state index in [2.05, 4.69) is 5.32 Å². The second-order valence-electron chi connectivity index (χ2n) is 4.27. The molecule has 0 unspecified atom stereocenters. The summed E-state index contributed by atoms with van der Waals surface area (Å²) in [6, 6.07) is 5.38. The maximum Gasteiger partial charge on any atom is 0.317 e. The summed E-state index contributed by atoms with van der Waals surface area (Å²) in [6.45, 7) is 1.21. The molecule has 0 aliphatic carbocycles. The van der Waals surface area contributed by atoms with Crippen molar-refractivity contribution in [1.82, 2.24) is 10.2 Å². The van der Waals surface area contributed by atoms with Gasteiger partial charge in [-0.05, 0) is 18.2 Å². The van der Waals surface area contributed by atoms with Gasteiger partial charge in [-0.15, -0.1) is 0 Å². The first kappa shape index (κ1) is 12.0. The van der Waals surface area contributed by atoms with Crippen molar-refractivity contribution in [1.29, 1.82) is 5.26 Å². The second kappa shape index (κ2) is 4.59. The Kier molecular flexibility index (Phi) is 2.76. The van der Waals surface area contributed by atoms with E-state index in [1.807, 2.05) is 6.07 Å². The molecular formula is C13H10N4O3. The molecule has 0 bridgehead atoms. The zero-order chi connectivity index (χ0) is 14.1. The lowest BCUT2D eigenvalue weighted by molar-refractivity contribution is -0.422. The van der Waals surface area contributed by atoms with Crippen LogP contribution < -0.4 is 5.32 Å². The summed E-state index contributed by atoms with van der Waals surface area (Å²) in [5.41, 5.74) is 0.894. The number of furan rings is 1. The topological polar surface area (TPSA) is 95.3 Å². The Morgan fingerprint density at radius 1 is 1.60 bits per heavy atom. The van der Waals surface area contributed by atoms with Gasteiger partial charge in [0, 0.05) is 19.2 Å². The number of hydrogen-bond acceptors (Lipinski definition) is 6. The lowest BCUT2D eigenvalue weighted by Gasteiger charge is -2.24. The minimum atomic E-state index is -0.473. The third-order valence-corrected chi connectivity index (χ3v) is 3.15. The van der Waals surface area contributed by atoms with E-state index in [0.717, 1.165) is 0 Å². The summed E-state index contributed by atoms with van der Waals surface area (Å²) < 4.78 is 5.36. The maximum absolute atomic E-state index is 11.3. The average molecular weight is 270 g/mol. The second-order valence-corrected chi connectivity index (χ2v) is 4.27. The fourth-order valence-corrected chi connectivity index (χ4v) is 2.38. The summed E-state index contributed by atoms with van der Waals surface area (Å²) in [5.74, 6) is 1.02. The van der Waals surface area contributed by atoms with Crippen LogP contribution in [0.15, 0.2) is 52.1 Å². The molecule has 100 valence electrons. The highest BCUT2D eigenvalue weighted by Crippen LogP contribution is 2.35. The van der Waals surface area contributed by atoms with E-state index in [4.69, 9.17) is 9.68 Å². The van der Waals surface area contributed by atoms with Gasteiger partial charge in [-0.3, -0.25) is 10.1 Å². The fourth-order valence-electron chi connectivity index (χ4n) is 2.38. The van der Waals surface area contributed by atoms with Gasteiger partial charge in [0.05, 0.1) is 28.5 Å². The van der Waals surface area contributed by atoms with Crippen molar-refractivity contribution < 1.29 is 9.34 Å². The summed E-state index contributed by atoms with van der Waals surface area (Å²) in [7, 11) is 0. The van der Waals surface area contributed by atoms with Crippen LogP contribution in [-0.4, -0.2) is 22.9 Å². The van der Waals surface area contributed by atoms with Gasteiger partial charge >= 0.3 is 5.70 Å². The summed E-state index contributed by atoms with van der Waals surface area (Å²) in [5, 5.41) is 23.1. The van der Waals surface area contributed by atoms with Crippen molar-refractivity contribution >= 4 is 5.70 Å². The van der Waals surface area contributed by atoms with Crippen molar-refractivity contribution in [3.63, 3.8) is 0 Å². The Labute approximate surface area is 114 Å². The van der Waals surface area contributed by atoms with Crippen LogP contribution in [0.4, 0.5) is 0 Å². The first-order valence-electron chi connectivity index (χ1n) is 5.98. The number of nitriles is 1. The third kappa shape index (κ3) is 1.75. The van der Waals surface area contributed by atoms with Crippen LogP contribution in [0.1, 0.15) is 5.76 Å². The molecule has 1 aromatic heterocycles. The molecule has 20 heavy (non-hydrogen) atoms. The van der Waals surface area contributed by atoms with Crippen LogP contribution in [0.5, 0.6) is 0 Å². The van der Waals surface area contributed by atoms with Gasteiger partial charge in [-0.2, -0.15) is 5.26 Å². The number of hydrogen-bond donors (Lipinski definition) is 1. The molecule has 0 radical (unpaired) electrons. The molecule has 1 fully saturated rings. The summed E-state index contributed by atoms with van der Waals surface area (Å²) >= 11 is 0. The molecule has 0 aromatic carbocycles. The number of nitro groups is 1. The highest BCUT2D eigenvalue weighted by molar-refractivity contribution is 5.70. The maximum atomic E-state index is 11.3. The van der Waals surface area contributed by atoms with Crippen molar-refractivity contribution in [3.8, 4) is 6.07 Å². The highest BCUT2D eigenvalue weighted by atomic mass is 16.6. The lowest BCUT2D eigenvalue weighted by atomic mass is 10.1. The van der Waals surface area contributed by atoms with E-state index in [-0.39, 0.29) is 11.3 Å². The van der Waals surface area contributed by atoms with Crippen molar-refractivity contribution in [2.45, 2.75) is 0 Å². The molecule has 1 aromatic rings. The number of rotatable bonds is 2. The van der Waals surface area contributed by atoms with Gasteiger partial charge in [-0.25, -0.2) is 0 Å². The molecule has 0 saturated carbocycles. The van der Waals surface area contributed by atoms with E-state index in [9.17, 15) is 10.1 Å². The van der Waals surface area contributed by atoms with Gasteiger partial charge in [0.25, 0.3) is 0 Å². The van der Waals surface area contributed by atoms with Gasteiger partial charge in [0.1, 0.15) is 5.76 Å². The van der Waals surface area contributed by atoms with E-state index in [1.165, 1.54) is 6.08 Å². The van der Waals surface area contributed by atoms with E-state index < -0.39 is 4.92 Å². The number of allylic oxidation sites excluding steroid dienone is 2. The SMILES string of the molecule is N#C/C=C1/C=C(c2ccco2)N2CCNC2=C1[N+](=O)[O-]. The molecular weight excluding hydrogens is 260 g/mol. The lowest BCUT2D eigenvalue weighted by Crippen LogP contribution is -2.27. The smallest absolute Gasteiger partial charge is 0.317 e. The first-order chi connectivity index (χ1) is 9.72. The average Bonchev–Trinajstić information content (AvgIpc) is 3.08. The monoisotopic (exact) mass is 270 g/mol. The normalized spacial score (nSPS) is 19.4. The summed E-state index contributed by atoms with van der Waals surface area (Å²) in [4.78, 5) is 12.6. The quantitative estimate of drug-likeness (QED) is 0.496. The number of nitrogens with one attached hydrogen (secondary N) is 1. The number of fused-ring (bicyclic) bond motifs is 1. The molecule has 3 heterocycles. The van der Waals surface area contributed by atoms with Gasteiger partial charge in [0.2, 0.25) is 0 Å². The Morgan fingerprint density at radius 3 is 3.10 bits per heavy atom. The van der Waals surface area contributed by atoms with Gasteiger partial charge < -0.3 is 14.6 Å². The fraction of sp³-hybridized carbons (Fsp3) is 0.154. The van der Waals surface area contributed by atoms with Crippen LogP contribution in [0, 0.1) is 21.4 Å². The zero-order valence-corrected chi connectivity index (χ0v) is 10.4. The van der Waals surface area contributed by atoms with E-state index in [1.54, 1.807) is 29.4 Å². The predicted octanol–water partition coefficient (Wildman–Crippen LogP) is 1.44. The molecule has 7 heteroatoms. The molecule has 0 spiro atoms. The molecule has 1 N–H and O–H groups in total. The molecule has 3 rings (SSSR count). The van der Waals surface area contributed by atoms with Crippen molar-refractivity contribution in [2.75, 3.05) is 13.1 Å². The molecule has 0 atom stereocenters. The van der Waals surface area contributed by atoms with E-state index in [0.29, 0.717) is 30.4 Å². The first-order valence-corrected chi connectivity index (χ1v) is 5.98.